The molecule has 4 nitrogen and oxygen atoms in total. The summed E-state index contributed by atoms with van der Waals surface area (Å²) >= 11 is 12.1. The van der Waals surface area contributed by atoms with E-state index in [-0.39, 0.29) is 5.92 Å². The quantitative estimate of drug-likeness (QED) is 0.845. The predicted octanol–water partition coefficient (Wildman–Crippen LogP) is 3.43. The van der Waals surface area contributed by atoms with Gasteiger partial charge in [0, 0.05) is 24.2 Å². The number of pyridine rings is 1. The van der Waals surface area contributed by atoms with Gasteiger partial charge in [-0.3, -0.25) is 4.98 Å². The van der Waals surface area contributed by atoms with Crippen molar-refractivity contribution in [2.75, 3.05) is 20.7 Å². The van der Waals surface area contributed by atoms with E-state index in [0.29, 0.717) is 27.9 Å². The summed E-state index contributed by atoms with van der Waals surface area (Å²) in [4.78, 5) is 4.09. The first-order chi connectivity index (χ1) is 10.6. The van der Waals surface area contributed by atoms with Crippen LogP contribution in [0.15, 0.2) is 36.7 Å². The van der Waals surface area contributed by atoms with Crippen molar-refractivity contribution in [3.05, 3.63) is 57.8 Å². The van der Waals surface area contributed by atoms with Crippen LogP contribution in [0.4, 0.5) is 0 Å². The minimum atomic E-state index is -0.743. The highest BCUT2D eigenvalue weighted by atomic mass is 35.5. The molecule has 1 heterocycles. The van der Waals surface area contributed by atoms with Crippen LogP contribution in [0.3, 0.4) is 0 Å². The Bertz CT molecular complexity index is 637. The standard InChI is InChI=1S/C16H18Cl2N2O2/c1-19-9-13(10-3-4-14(17)15(18)6-10)16(21)11-5-12(22-2)8-20-7-11/h3-8,13,16,19,21H,9H2,1-2H3. The average Bonchev–Trinajstić information content (AvgIpc) is 2.54. The van der Waals surface area contributed by atoms with E-state index in [1.54, 1.807) is 37.7 Å². The summed E-state index contributed by atoms with van der Waals surface area (Å²) in [6.45, 7) is 0.580. The number of nitrogens with zero attached hydrogens (tertiary/aromatic N) is 1. The molecule has 0 aliphatic rings. The lowest BCUT2D eigenvalue weighted by Crippen LogP contribution is -2.23. The number of halogens is 2. The molecule has 2 N–H and O–H groups in total. The summed E-state index contributed by atoms with van der Waals surface area (Å²) in [6, 6.07) is 7.16. The van der Waals surface area contributed by atoms with Crippen molar-refractivity contribution in [3.63, 3.8) is 0 Å². The van der Waals surface area contributed by atoms with Gasteiger partial charge in [-0.15, -0.1) is 0 Å². The Morgan fingerprint density at radius 3 is 2.59 bits per heavy atom. The molecular weight excluding hydrogens is 323 g/mol. The molecule has 1 aromatic carbocycles. The number of ether oxygens (including phenoxy) is 1. The van der Waals surface area contributed by atoms with Crippen molar-refractivity contribution in [1.29, 1.82) is 0 Å². The van der Waals surface area contributed by atoms with Crippen LogP contribution in [0.25, 0.3) is 0 Å². The molecule has 0 amide bonds. The van der Waals surface area contributed by atoms with Crippen molar-refractivity contribution in [1.82, 2.24) is 10.3 Å². The van der Waals surface area contributed by atoms with E-state index in [9.17, 15) is 5.11 Å². The van der Waals surface area contributed by atoms with Crippen LogP contribution in [0.1, 0.15) is 23.1 Å². The van der Waals surface area contributed by atoms with Crippen molar-refractivity contribution in [2.24, 2.45) is 0 Å². The van der Waals surface area contributed by atoms with Gasteiger partial charge in [-0.05, 0) is 30.8 Å². The van der Waals surface area contributed by atoms with Gasteiger partial charge in [0.1, 0.15) is 5.75 Å². The predicted molar refractivity (Wildman–Crippen MR) is 88.9 cm³/mol. The first-order valence-electron chi connectivity index (χ1n) is 6.83. The van der Waals surface area contributed by atoms with Gasteiger partial charge >= 0.3 is 0 Å². The van der Waals surface area contributed by atoms with Gasteiger partial charge in [0.15, 0.2) is 0 Å². The van der Waals surface area contributed by atoms with E-state index in [0.717, 1.165) is 5.56 Å². The summed E-state index contributed by atoms with van der Waals surface area (Å²) in [6.07, 6.45) is 2.49. The zero-order chi connectivity index (χ0) is 16.1. The third kappa shape index (κ3) is 3.90. The molecule has 0 spiro atoms. The molecule has 1 aromatic heterocycles. The molecule has 0 bridgehead atoms. The molecular formula is C16H18Cl2N2O2. The van der Waals surface area contributed by atoms with Crippen LogP contribution < -0.4 is 10.1 Å². The lowest BCUT2D eigenvalue weighted by atomic mass is 9.89. The first-order valence-corrected chi connectivity index (χ1v) is 7.59. The van der Waals surface area contributed by atoms with Crippen LogP contribution in [0.5, 0.6) is 5.75 Å². The maximum Gasteiger partial charge on any atom is 0.137 e. The molecule has 2 unspecified atom stereocenters. The zero-order valence-electron chi connectivity index (χ0n) is 12.4. The average molecular weight is 341 g/mol. The fourth-order valence-corrected chi connectivity index (χ4v) is 2.62. The largest absolute Gasteiger partial charge is 0.495 e. The number of aliphatic hydroxyl groups is 1. The van der Waals surface area contributed by atoms with Gasteiger partial charge in [0.2, 0.25) is 0 Å². The fourth-order valence-electron chi connectivity index (χ4n) is 2.32. The first kappa shape index (κ1) is 17.0. The maximum absolute atomic E-state index is 10.7. The Morgan fingerprint density at radius 1 is 1.18 bits per heavy atom. The monoisotopic (exact) mass is 340 g/mol. The normalized spacial score (nSPS) is 13.7. The number of aliphatic hydroxyl groups excluding tert-OH is 1. The lowest BCUT2D eigenvalue weighted by molar-refractivity contribution is 0.143. The number of aromatic nitrogens is 1. The number of hydrogen-bond donors (Lipinski definition) is 2. The SMILES string of the molecule is CNCC(c1ccc(Cl)c(Cl)c1)C(O)c1cncc(OC)c1. The molecule has 0 saturated carbocycles. The summed E-state index contributed by atoms with van der Waals surface area (Å²) < 4.78 is 5.16. The summed E-state index contributed by atoms with van der Waals surface area (Å²) in [5, 5.41) is 14.8. The minimum Gasteiger partial charge on any atom is -0.495 e. The third-order valence-electron chi connectivity index (χ3n) is 3.49. The van der Waals surface area contributed by atoms with E-state index >= 15 is 0 Å². The Labute approximate surface area is 140 Å². The number of hydrogen-bond acceptors (Lipinski definition) is 4. The molecule has 0 radical (unpaired) electrons. The van der Waals surface area contributed by atoms with Gasteiger partial charge < -0.3 is 15.2 Å². The highest BCUT2D eigenvalue weighted by Crippen LogP contribution is 2.34. The highest BCUT2D eigenvalue weighted by molar-refractivity contribution is 6.42. The zero-order valence-corrected chi connectivity index (χ0v) is 13.9. The van der Waals surface area contributed by atoms with Gasteiger partial charge in [0.05, 0.1) is 29.5 Å². The molecule has 2 rings (SSSR count). The van der Waals surface area contributed by atoms with Gasteiger partial charge in [0.25, 0.3) is 0 Å². The smallest absolute Gasteiger partial charge is 0.137 e. The number of benzene rings is 1. The number of nitrogens with one attached hydrogen (secondary N) is 1. The van der Waals surface area contributed by atoms with Gasteiger partial charge in [-0.2, -0.15) is 0 Å². The second-order valence-corrected chi connectivity index (χ2v) is 5.76. The van der Waals surface area contributed by atoms with Gasteiger partial charge in [-0.25, -0.2) is 0 Å². The summed E-state index contributed by atoms with van der Waals surface area (Å²) in [7, 11) is 3.40. The van der Waals surface area contributed by atoms with Crippen molar-refractivity contribution in [2.45, 2.75) is 12.0 Å². The van der Waals surface area contributed by atoms with E-state index in [4.69, 9.17) is 27.9 Å². The van der Waals surface area contributed by atoms with E-state index in [2.05, 4.69) is 10.3 Å². The highest BCUT2D eigenvalue weighted by Gasteiger charge is 2.23. The molecule has 2 atom stereocenters. The van der Waals surface area contributed by atoms with Crippen LogP contribution in [-0.2, 0) is 0 Å². The molecule has 22 heavy (non-hydrogen) atoms. The number of rotatable bonds is 6. The topological polar surface area (TPSA) is 54.4 Å². The summed E-state index contributed by atoms with van der Waals surface area (Å²) in [5.41, 5.74) is 1.59. The molecule has 0 saturated heterocycles. The minimum absolute atomic E-state index is 0.186. The van der Waals surface area contributed by atoms with E-state index in [1.165, 1.54) is 0 Å². The van der Waals surface area contributed by atoms with Crippen LogP contribution in [-0.4, -0.2) is 30.8 Å². The summed E-state index contributed by atoms with van der Waals surface area (Å²) in [5.74, 6) is 0.419. The molecule has 0 aliphatic heterocycles. The Kier molecular flexibility index (Phi) is 6.03. The Hall–Kier alpha value is -1.33. The van der Waals surface area contributed by atoms with Crippen molar-refractivity contribution in [3.8, 4) is 5.75 Å². The van der Waals surface area contributed by atoms with Crippen molar-refractivity contribution < 1.29 is 9.84 Å². The second-order valence-electron chi connectivity index (χ2n) is 4.94. The molecule has 0 fully saturated rings. The molecule has 0 aliphatic carbocycles. The number of methoxy groups -OCH3 is 1. The van der Waals surface area contributed by atoms with Gasteiger partial charge in [-0.1, -0.05) is 29.3 Å². The fraction of sp³-hybridized carbons (Fsp3) is 0.312. The molecule has 2 aromatic rings. The molecule has 6 heteroatoms. The Morgan fingerprint density at radius 2 is 1.95 bits per heavy atom. The Balaban J connectivity index is 2.35. The van der Waals surface area contributed by atoms with Crippen LogP contribution in [0, 0.1) is 0 Å². The third-order valence-corrected chi connectivity index (χ3v) is 4.23. The molecule has 118 valence electrons. The lowest BCUT2D eigenvalue weighted by Gasteiger charge is -2.24. The van der Waals surface area contributed by atoms with E-state index in [1.807, 2.05) is 13.1 Å². The van der Waals surface area contributed by atoms with Crippen LogP contribution >= 0.6 is 23.2 Å². The van der Waals surface area contributed by atoms with Crippen LogP contribution in [0.2, 0.25) is 10.0 Å². The second kappa shape index (κ2) is 7.79. The van der Waals surface area contributed by atoms with E-state index < -0.39 is 6.10 Å². The maximum atomic E-state index is 10.7. The number of likely N-dealkylation sites (N-methyl/N-ethyl adjacent to an activating group) is 1. The van der Waals surface area contributed by atoms with Crippen molar-refractivity contribution >= 4 is 23.2 Å².